The minimum Gasteiger partial charge on any atom is -0.310 e. The Hall–Kier alpha value is -7.68. The van der Waals surface area contributed by atoms with Crippen molar-refractivity contribution < 1.29 is 0 Å². The third-order valence-electron chi connectivity index (χ3n) is 11.6. The molecular formula is C56H38N2. The van der Waals surface area contributed by atoms with Gasteiger partial charge in [-0.1, -0.05) is 170 Å². The lowest BCUT2D eigenvalue weighted by Crippen LogP contribution is -2.10. The van der Waals surface area contributed by atoms with Crippen LogP contribution in [0.25, 0.3) is 82.4 Å². The van der Waals surface area contributed by atoms with E-state index in [1.165, 1.54) is 65.6 Å². The van der Waals surface area contributed by atoms with Crippen LogP contribution in [-0.4, -0.2) is 4.57 Å². The molecule has 272 valence electrons. The summed E-state index contributed by atoms with van der Waals surface area (Å²) in [4.78, 5) is 2.37. The van der Waals surface area contributed by atoms with Gasteiger partial charge in [-0.15, -0.1) is 0 Å². The van der Waals surface area contributed by atoms with Gasteiger partial charge in [0, 0.05) is 33.5 Å². The first kappa shape index (κ1) is 33.6. The van der Waals surface area contributed by atoms with Gasteiger partial charge in [0.05, 0.1) is 11.0 Å². The second-order valence-electron chi connectivity index (χ2n) is 15.0. The maximum absolute atomic E-state index is 2.42. The van der Waals surface area contributed by atoms with Crippen LogP contribution in [0.15, 0.2) is 231 Å². The molecule has 0 atom stereocenters. The molecule has 1 aromatic heterocycles. The van der Waals surface area contributed by atoms with E-state index in [4.69, 9.17) is 0 Å². The van der Waals surface area contributed by atoms with Crippen LogP contribution < -0.4 is 4.90 Å². The summed E-state index contributed by atoms with van der Waals surface area (Å²) < 4.78 is 2.42. The van der Waals surface area contributed by atoms with Crippen molar-refractivity contribution in [1.82, 2.24) is 4.57 Å². The van der Waals surface area contributed by atoms with Crippen LogP contribution in [0.3, 0.4) is 0 Å². The van der Waals surface area contributed by atoms with Gasteiger partial charge in [0.15, 0.2) is 0 Å². The minimum atomic E-state index is 1.09. The molecular weight excluding hydrogens is 701 g/mol. The number of rotatable bonds is 7. The molecule has 0 unspecified atom stereocenters. The predicted octanol–water partition coefficient (Wildman–Crippen LogP) is 15.6. The number of aromatic nitrogens is 1. The second-order valence-corrected chi connectivity index (χ2v) is 15.0. The quantitative estimate of drug-likeness (QED) is 0.158. The van der Waals surface area contributed by atoms with Gasteiger partial charge in [-0.3, -0.25) is 0 Å². The van der Waals surface area contributed by atoms with E-state index in [1.807, 2.05) is 0 Å². The Bertz CT molecular complexity index is 3260. The minimum absolute atomic E-state index is 1.09. The van der Waals surface area contributed by atoms with Crippen LogP contribution in [-0.2, 0) is 0 Å². The zero-order valence-electron chi connectivity index (χ0n) is 31.8. The molecule has 0 fully saturated rings. The Morgan fingerprint density at radius 2 is 0.845 bits per heavy atom. The fourth-order valence-corrected chi connectivity index (χ4v) is 8.81. The van der Waals surface area contributed by atoms with Gasteiger partial charge in [-0.2, -0.15) is 0 Å². The normalized spacial score (nSPS) is 11.4. The van der Waals surface area contributed by atoms with Gasteiger partial charge >= 0.3 is 0 Å². The van der Waals surface area contributed by atoms with Gasteiger partial charge in [0.1, 0.15) is 0 Å². The van der Waals surface area contributed by atoms with Crippen LogP contribution in [0.5, 0.6) is 0 Å². The summed E-state index contributed by atoms with van der Waals surface area (Å²) in [5.74, 6) is 0. The fraction of sp³-hybridized carbons (Fsp3) is 0. The van der Waals surface area contributed by atoms with Crippen LogP contribution >= 0.6 is 0 Å². The summed E-state index contributed by atoms with van der Waals surface area (Å²) in [5, 5.41) is 7.60. The highest BCUT2D eigenvalue weighted by atomic mass is 15.1. The standard InChI is InChI=1S/C56H38N2/c1-2-13-39(14-3-1)40-27-32-46(33-28-40)57(47-34-29-43(30-35-47)51-25-12-17-41-15-4-6-22-50(41)51)48-20-10-18-44(37-48)45-19-11-21-49(38-45)58-54-26-9-8-24-53(54)56-52-23-7-5-16-42(52)31-36-55(56)58/h1-38H. The van der Waals surface area contributed by atoms with E-state index in [-0.39, 0.29) is 0 Å². The number of hydrogen-bond acceptors (Lipinski definition) is 1. The third-order valence-corrected chi connectivity index (χ3v) is 11.6. The lowest BCUT2D eigenvalue weighted by atomic mass is 9.98. The zero-order valence-corrected chi connectivity index (χ0v) is 31.8. The second kappa shape index (κ2) is 14.1. The topological polar surface area (TPSA) is 8.17 Å². The van der Waals surface area contributed by atoms with Crippen LogP contribution in [0, 0.1) is 0 Å². The smallest absolute Gasteiger partial charge is 0.0547 e. The zero-order chi connectivity index (χ0) is 38.4. The Kier molecular flexibility index (Phi) is 8.19. The molecule has 0 N–H and O–H groups in total. The van der Waals surface area contributed by atoms with Gasteiger partial charge in [-0.25, -0.2) is 0 Å². The highest BCUT2D eigenvalue weighted by Crippen LogP contribution is 2.41. The molecule has 0 saturated heterocycles. The molecule has 0 aliphatic carbocycles. The summed E-state index contributed by atoms with van der Waals surface area (Å²) in [7, 11) is 0. The van der Waals surface area contributed by atoms with Crippen molar-refractivity contribution in [1.29, 1.82) is 0 Å². The first-order valence-electron chi connectivity index (χ1n) is 19.9. The Balaban J connectivity index is 1.02. The first-order chi connectivity index (χ1) is 28.8. The monoisotopic (exact) mass is 738 g/mol. The molecule has 1 heterocycles. The SMILES string of the molecule is c1ccc(-c2ccc(N(c3ccc(-c4cccc5ccccc45)cc3)c3cccc(-c4cccc(-n5c6ccccc6c6c7ccccc7ccc65)c4)c3)cc2)cc1. The molecule has 0 aliphatic heterocycles. The highest BCUT2D eigenvalue weighted by Gasteiger charge is 2.17. The fourth-order valence-electron chi connectivity index (χ4n) is 8.81. The molecule has 58 heavy (non-hydrogen) atoms. The van der Waals surface area contributed by atoms with E-state index in [9.17, 15) is 0 Å². The van der Waals surface area contributed by atoms with Gasteiger partial charge in [0.2, 0.25) is 0 Å². The Labute approximate surface area is 338 Å². The van der Waals surface area contributed by atoms with Crippen molar-refractivity contribution in [3.8, 4) is 39.1 Å². The maximum Gasteiger partial charge on any atom is 0.0547 e. The van der Waals surface area contributed by atoms with Crippen molar-refractivity contribution in [2.75, 3.05) is 4.90 Å². The maximum atomic E-state index is 2.42. The Morgan fingerprint density at radius 3 is 1.62 bits per heavy atom. The summed E-state index contributed by atoms with van der Waals surface area (Å²) >= 11 is 0. The van der Waals surface area contributed by atoms with E-state index >= 15 is 0 Å². The number of fused-ring (bicyclic) bond motifs is 6. The largest absolute Gasteiger partial charge is 0.310 e. The summed E-state index contributed by atoms with van der Waals surface area (Å²) in [6.07, 6.45) is 0. The molecule has 11 rings (SSSR count). The molecule has 0 saturated carbocycles. The van der Waals surface area contributed by atoms with E-state index in [2.05, 4.69) is 240 Å². The van der Waals surface area contributed by atoms with Gasteiger partial charge in [-0.05, 0) is 116 Å². The lowest BCUT2D eigenvalue weighted by molar-refractivity contribution is 1.18. The molecule has 2 heteroatoms. The molecule has 0 spiro atoms. The van der Waals surface area contributed by atoms with E-state index in [0.29, 0.717) is 0 Å². The molecule has 2 nitrogen and oxygen atoms in total. The summed E-state index contributed by atoms with van der Waals surface area (Å²) in [5.41, 5.74) is 14.0. The number of anilines is 3. The van der Waals surface area contributed by atoms with E-state index in [0.717, 1.165) is 33.9 Å². The number of hydrogen-bond donors (Lipinski definition) is 0. The molecule has 0 amide bonds. The van der Waals surface area contributed by atoms with Crippen molar-refractivity contribution in [2.24, 2.45) is 0 Å². The average Bonchev–Trinajstić information content (AvgIpc) is 3.65. The molecule has 0 aliphatic rings. The van der Waals surface area contributed by atoms with Crippen LogP contribution in [0.4, 0.5) is 17.1 Å². The number of nitrogens with zero attached hydrogens (tertiary/aromatic N) is 2. The molecule has 10 aromatic carbocycles. The Morgan fingerprint density at radius 1 is 0.293 bits per heavy atom. The molecule has 0 bridgehead atoms. The average molecular weight is 739 g/mol. The number of para-hydroxylation sites is 1. The lowest BCUT2D eigenvalue weighted by Gasteiger charge is -2.26. The summed E-state index contributed by atoms with van der Waals surface area (Å²) in [6.45, 7) is 0. The first-order valence-corrected chi connectivity index (χ1v) is 19.9. The predicted molar refractivity (Wildman–Crippen MR) is 247 cm³/mol. The van der Waals surface area contributed by atoms with Crippen LogP contribution in [0.2, 0.25) is 0 Å². The number of benzene rings is 10. The van der Waals surface area contributed by atoms with Crippen molar-refractivity contribution in [2.45, 2.75) is 0 Å². The third kappa shape index (κ3) is 5.82. The van der Waals surface area contributed by atoms with Crippen molar-refractivity contribution in [3.63, 3.8) is 0 Å². The van der Waals surface area contributed by atoms with Gasteiger partial charge < -0.3 is 9.47 Å². The summed E-state index contributed by atoms with van der Waals surface area (Å²) in [6, 6.07) is 83.6. The van der Waals surface area contributed by atoms with Crippen molar-refractivity contribution in [3.05, 3.63) is 231 Å². The van der Waals surface area contributed by atoms with E-state index in [1.54, 1.807) is 0 Å². The highest BCUT2D eigenvalue weighted by molar-refractivity contribution is 6.21. The van der Waals surface area contributed by atoms with Gasteiger partial charge in [0.25, 0.3) is 0 Å². The molecule has 11 aromatic rings. The van der Waals surface area contributed by atoms with Crippen LogP contribution in [0.1, 0.15) is 0 Å². The van der Waals surface area contributed by atoms with E-state index < -0.39 is 0 Å². The molecule has 0 radical (unpaired) electrons. The van der Waals surface area contributed by atoms with Crippen molar-refractivity contribution >= 4 is 60.4 Å².